The molecule has 0 spiro atoms. The van der Waals surface area contributed by atoms with Gasteiger partial charge in [-0.05, 0) is 69.1 Å². The molecule has 3 aliphatic carbocycles. The summed E-state index contributed by atoms with van der Waals surface area (Å²) in [5, 5.41) is 16.7. The van der Waals surface area contributed by atoms with Crippen LogP contribution in [0.2, 0.25) is 0 Å². The van der Waals surface area contributed by atoms with Crippen LogP contribution in [-0.4, -0.2) is 47.5 Å². The number of amides is 1. The summed E-state index contributed by atoms with van der Waals surface area (Å²) in [4.78, 5) is 25.2. The molecule has 176 valence electrons. The number of aliphatic carboxylic acids is 1. The van der Waals surface area contributed by atoms with Gasteiger partial charge in [-0.25, -0.2) is 0 Å². The quantitative estimate of drug-likeness (QED) is 0.565. The number of carboxylic acids is 1. The summed E-state index contributed by atoms with van der Waals surface area (Å²) >= 11 is 1.82. The van der Waals surface area contributed by atoms with Crippen LogP contribution in [0, 0.1) is 29.6 Å². The van der Waals surface area contributed by atoms with Crippen molar-refractivity contribution in [2.45, 2.75) is 94.7 Å². The van der Waals surface area contributed by atoms with Gasteiger partial charge in [0.25, 0.3) is 0 Å². The first kappa shape index (κ1) is 23.4. The van der Waals surface area contributed by atoms with Crippen molar-refractivity contribution < 1.29 is 19.4 Å². The Kier molecular flexibility index (Phi) is 8.21. The summed E-state index contributed by atoms with van der Waals surface area (Å²) in [7, 11) is 1.81. The number of hydrogen-bond donors (Lipinski definition) is 3. The van der Waals surface area contributed by atoms with E-state index in [-0.39, 0.29) is 35.1 Å². The van der Waals surface area contributed by atoms with Crippen molar-refractivity contribution in [1.82, 2.24) is 10.6 Å². The van der Waals surface area contributed by atoms with E-state index < -0.39 is 5.97 Å². The molecule has 6 atom stereocenters. The molecule has 6 nitrogen and oxygen atoms in total. The first-order chi connectivity index (χ1) is 15.1. The number of carbonyl (C=O) groups is 2. The Labute approximate surface area is 191 Å². The van der Waals surface area contributed by atoms with Crippen molar-refractivity contribution in [3.8, 4) is 0 Å². The Bertz CT molecular complexity index is 625. The lowest BCUT2D eigenvalue weighted by atomic mass is 9.64. The SMILES string of the molecule is COC1CCC(C2CSC(NC(=O)C3CCCCC3C3CCCCC3C(=O)O)N2)CC1. The summed E-state index contributed by atoms with van der Waals surface area (Å²) < 4.78 is 5.51. The molecule has 0 aromatic rings. The molecule has 0 aromatic heterocycles. The third-order valence-electron chi connectivity index (χ3n) is 8.55. The first-order valence-electron chi connectivity index (χ1n) is 12.5. The van der Waals surface area contributed by atoms with Crippen molar-refractivity contribution in [1.29, 1.82) is 0 Å². The predicted molar refractivity (Wildman–Crippen MR) is 123 cm³/mol. The Morgan fingerprint density at radius 1 is 0.903 bits per heavy atom. The Morgan fingerprint density at radius 2 is 1.52 bits per heavy atom. The molecule has 1 amide bonds. The molecule has 4 fully saturated rings. The van der Waals surface area contributed by atoms with Crippen LogP contribution in [0.15, 0.2) is 0 Å². The summed E-state index contributed by atoms with van der Waals surface area (Å²) in [6, 6.07) is 0.463. The summed E-state index contributed by atoms with van der Waals surface area (Å²) in [5.74, 6) is 1.29. The molecule has 1 heterocycles. The average molecular weight is 453 g/mol. The summed E-state index contributed by atoms with van der Waals surface area (Å²) in [6.07, 6.45) is 13.0. The van der Waals surface area contributed by atoms with Crippen molar-refractivity contribution in [3.05, 3.63) is 0 Å². The maximum absolute atomic E-state index is 13.3. The fraction of sp³-hybridized carbons (Fsp3) is 0.917. The highest BCUT2D eigenvalue weighted by atomic mass is 32.2. The molecule has 1 aliphatic heterocycles. The largest absolute Gasteiger partial charge is 0.481 e. The van der Waals surface area contributed by atoms with Gasteiger partial charge in [-0.15, -0.1) is 11.8 Å². The van der Waals surface area contributed by atoms with E-state index >= 15 is 0 Å². The van der Waals surface area contributed by atoms with E-state index in [1.807, 2.05) is 18.9 Å². The number of carbonyl (C=O) groups excluding carboxylic acids is 1. The second-order valence-corrected chi connectivity index (χ2v) is 11.4. The number of methoxy groups -OCH3 is 1. The van der Waals surface area contributed by atoms with Gasteiger partial charge in [0.05, 0.1) is 12.0 Å². The lowest BCUT2D eigenvalue weighted by molar-refractivity contribution is -0.148. The van der Waals surface area contributed by atoms with E-state index in [1.54, 1.807) is 0 Å². The number of hydrogen-bond acceptors (Lipinski definition) is 5. The van der Waals surface area contributed by atoms with Gasteiger partial charge in [0.15, 0.2) is 0 Å². The number of thioether (sulfide) groups is 1. The molecule has 31 heavy (non-hydrogen) atoms. The van der Waals surface area contributed by atoms with Crippen LogP contribution in [0.4, 0.5) is 0 Å². The number of nitrogens with one attached hydrogen (secondary N) is 2. The van der Waals surface area contributed by atoms with E-state index in [9.17, 15) is 14.7 Å². The van der Waals surface area contributed by atoms with Crippen LogP contribution in [-0.2, 0) is 14.3 Å². The van der Waals surface area contributed by atoms with Gasteiger partial charge in [-0.1, -0.05) is 25.7 Å². The van der Waals surface area contributed by atoms with Crippen LogP contribution in [0.5, 0.6) is 0 Å². The zero-order valence-electron chi connectivity index (χ0n) is 18.9. The number of carboxylic acid groups (broad SMARTS) is 1. The lowest BCUT2D eigenvalue weighted by Gasteiger charge is -2.41. The second kappa shape index (κ2) is 10.9. The molecule has 3 saturated carbocycles. The minimum absolute atomic E-state index is 0.0122. The van der Waals surface area contributed by atoms with Gasteiger partial charge in [0.2, 0.25) is 5.91 Å². The van der Waals surface area contributed by atoms with Crippen molar-refractivity contribution in [3.63, 3.8) is 0 Å². The molecule has 0 aromatic carbocycles. The minimum atomic E-state index is -0.659. The van der Waals surface area contributed by atoms with Gasteiger partial charge >= 0.3 is 5.97 Å². The third-order valence-corrected chi connectivity index (χ3v) is 9.68. The molecular weight excluding hydrogens is 412 g/mol. The third kappa shape index (κ3) is 5.59. The van der Waals surface area contributed by atoms with Crippen LogP contribution < -0.4 is 10.6 Å². The Balaban J connectivity index is 1.32. The Morgan fingerprint density at radius 3 is 2.16 bits per heavy atom. The Hall–Kier alpha value is -0.790. The molecule has 4 aliphatic rings. The number of rotatable bonds is 6. The highest BCUT2D eigenvalue weighted by molar-refractivity contribution is 8.00. The normalized spacial score (nSPS) is 41.6. The monoisotopic (exact) mass is 452 g/mol. The molecule has 0 radical (unpaired) electrons. The van der Waals surface area contributed by atoms with E-state index in [2.05, 4.69) is 10.6 Å². The molecule has 6 unspecified atom stereocenters. The molecule has 4 rings (SSSR count). The van der Waals surface area contributed by atoms with Gasteiger partial charge in [0.1, 0.15) is 5.50 Å². The maximum atomic E-state index is 13.3. The predicted octanol–water partition coefficient (Wildman–Crippen LogP) is 3.99. The highest BCUT2D eigenvalue weighted by Crippen LogP contribution is 2.44. The molecular formula is C24H40N2O4S. The molecule has 7 heteroatoms. The minimum Gasteiger partial charge on any atom is -0.481 e. The van der Waals surface area contributed by atoms with Crippen molar-refractivity contribution in [2.24, 2.45) is 29.6 Å². The van der Waals surface area contributed by atoms with Crippen LogP contribution in [0.1, 0.15) is 77.0 Å². The van der Waals surface area contributed by atoms with Gasteiger partial charge in [0, 0.05) is 24.8 Å². The molecule has 0 bridgehead atoms. The summed E-state index contributed by atoms with van der Waals surface area (Å²) in [5.41, 5.74) is -0.0122. The second-order valence-electron chi connectivity index (χ2n) is 10.2. The van der Waals surface area contributed by atoms with Crippen LogP contribution >= 0.6 is 11.8 Å². The topological polar surface area (TPSA) is 87.7 Å². The smallest absolute Gasteiger partial charge is 0.306 e. The maximum Gasteiger partial charge on any atom is 0.306 e. The van der Waals surface area contributed by atoms with Gasteiger partial charge in [-0.2, -0.15) is 0 Å². The average Bonchev–Trinajstić information content (AvgIpc) is 3.27. The molecule has 3 N–H and O–H groups in total. The fourth-order valence-electron chi connectivity index (χ4n) is 6.79. The van der Waals surface area contributed by atoms with E-state index in [0.29, 0.717) is 18.1 Å². The van der Waals surface area contributed by atoms with Crippen LogP contribution in [0.25, 0.3) is 0 Å². The lowest BCUT2D eigenvalue weighted by Crippen LogP contribution is -2.50. The standard InChI is InChI=1S/C24H40N2O4S/c1-30-16-12-10-15(11-13-16)21-14-31-24(25-21)26-22(27)19-8-4-2-6-17(19)18-7-3-5-9-20(18)23(28)29/h15-21,24-25H,2-14H2,1H3,(H,26,27)(H,28,29). The van der Waals surface area contributed by atoms with E-state index in [0.717, 1.165) is 70.0 Å². The first-order valence-corrected chi connectivity index (χ1v) is 13.5. The fourth-order valence-corrected chi connectivity index (χ4v) is 8.02. The summed E-state index contributed by atoms with van der Waals surface area (Å²) in [6.45, 7) is 0. The van der Waals surface area contributed by atoms with Crippen molar-refractivity contribution >= 4 is 23.6 Å². The van der Waals surface area contributed by atoms with Gasteiger partial charge in [-0.3, -0.25) is 14.9 Å². The number of ether oxygens (including phenoxy) is 1. The zero-order chi connectivity index (χ0) is 21.8. The highest BCUT2D eigenvalue weighted by Gasteiger charge is 2.43. The molecule has 1 saturated heterocycles. The van der Waals surface area contributed by atoms with Crippen LogP contribution in [0.3, 0.4) is 0 Å². The van der Waals surface area contributed by atoms with E-state index in [4.69, 9.17) is 4.74 Å². The van der Waals surface area contributed by atoms with E-state index in [1.165, 1.54) is 12.8 Å². The van der Waals surface area contributed by atoms with Gasteiger partial charge < -0.3 is 15.2 Å². The zero-order valence-corrected chi connectivity index (χ0v) is 19.7. The van der Waals surface area contributed by atoms with Crippen molar-refractivity contribution in [2.75, 3.05) is 12.9 Å².